The second-order valence-corrected chi connectivity index (χ2v) is 8.25. The van der Waals surface area contributed by atoms with Gasteiger partial charge in [-0.05, 0) is 30.7 Å². The molecule has 0 radical (unpaired) electrons. The lowest BCUT2D eigenvalue weighted by Gasteiger charge is -2.51. The van der Waals surface area contributed by atoms with Crippen LogP contribution in [0.15, 0.2) is 30.3 Å². The number of hydrogen-bond acceptors (Lipinski definition) is 5. The van der Waals surface area contributed by atoms with E-state index in [0.717, 1.165) is 12.8 Å². The quantitative estimate of drug-likeness (QED) is 0.418. The van der Waals surface area contributed by atoms with Crippen LogP contribution in [0.2, 0.25) is 0 Å². The summed E-state index contributed by atoms with van der Waals surface area (Å²) >= 11 is 0. The van der Waals surface area contributed by atoms with Gasteiger partial charge < -0.3 is 23.7 Å². The van der Waals surface area contributed by atoms with Crippen molar-refractivity contribution in [3.8, 4) is 11.5 Å². The van der Waals surface area contributed by atoms with Crippen LogP contribution in [0.3, 0.4) is 0 Å². The minimum atomic E-state index is -5.23. The molecule has 3 heterocycles. The van der Waals surface area contributed by atoms with Gasteiger partial charge in [0.2, 0.25) is 0 Å². The second-order valence-electron chi connectivity index (χ2n) is 8.25. The highest BCUT2D eigenvalue weighted by atomic mass is 19.4. The Balaban J connectivity index is 1.56. The topological polar surface area (TPSA) is 46.2 Å². The molecular weight excluding hydrogens is 496 g/mol. The maximum atomic E-state index is 14.7. The normalized spacial score (nSPS) is 24.5. The first-order chi connectivity index (χ1) is 16.3. The minimum absolute atomic E-state index is 0.153. The number of ether oxygens (including phenoxy) is 5. The fourth-order valence-corrected chi connectivity index (χ4v) is 3.97. The number of hydrogen-bond donors (Lipinski definition) is 0. The molecule has 2 bridgehead atoms. The number of fused-ring (bicyclic) bond motifs is 3. The van der Waals surface area contributed by atoms with Crippen LogP contribution in [-0.4, -0.2) is 26.2 Å². The first-order valence-corrected chi connectivity index (χ1v) is 10.3. The molecule has 35 heavy (non-hydrogen) atoms. The van der Waals surface area contributed by atoms with E-state index in [2.05, 4.69) is 9.47 Å². The molecule has 192 valence electrons. The molecule has 0 spiro atoms. The summed E-state index contributed by atoms with van der Waals surface area (Å²) in [6, 6.07) is 2.12. The maximum absolute atomic E-state index is 14.7. The van der Waals surface area contributed by atoms with Gasteiger partial charge in [-0.3, -0.25) is 0 Å². The Hall–Kier alpha value is -2.64. The molecule has 0 aliphatic carbocycles. The molecule has 2 aromatic carbocycles. The van der Waals surface area contributed by atoms with Crippen molar-refractivity contribution >= 4 is 0 Å². The SMILES string of the molecule is CCCC12COC(c3cc(F)c(C(F)(F)Oc4ccc(OC(F)(F)F)c(F)c4)c(F)c3)(OC1)OC2. The molecule has 5 nitrogen and oxygen atoms in total. The molecule has 13 heteroatoms. The maximum Gasteiger partial charge on any atom is 0.573 e. The molecule has 3 fully saturated rings. The van der Waals surface area contributed by atoms with Crippen LogP contribution < -0.4 is 9.47 Å². The van der Waals surface area contributed by atoms with Gasteiger partial charge in [0.05, 0.1) is 19.8 Å². The van der Waals surface area contributed by atoms with Gasteiger partial charge in [0, 0.05) is 17.0 Å². The van der Waals surface area contributed by atoms with Crippen molar-refractivity contribution in [1.29, 1.82) is 0 Å². The molecular formula is C22H18F8O5. The number of halogens is 8. The Bertz CT molecular complexity index is 1060. The molecule has 0 aromatic heterocycles. The third-order valence-electron chi connectivity index (χ3n) is 5.55. The van der Waals surface area contributed by atoms with E-state index in [0.29, 0.717) is 24.3 Å². The second kappa shape index (κ2) is 8.79. The predicted octanol–water partition coefficient (Wildman–Crippen LogP) is 6.10. The van der Waals surface area contributed by atoms with Gasteiger partial charge in [-0.25, -0.2) is 13.2 Å². The van der Waals surface area contributed by atoms with Crippen LogP contribution in [0.5, 0.6) is 11.5 Å². The highest BCUT2D eigenvalue weighted by Crippen LogP contribution is 2.47. The standard InChI is InChI=1S/C22H18F8O5/c1-2-5-19-9-31-21(32-10-19,33-11-19)12-6-15(24)18(16(25)7-12)20(26,27)34-13-3-4-17(14(23)8-13)35-22(28,29)30/h3-4,6-8H,2,5,9-11H2,1H3. The summed E-state index contributed by atoms with van der Waals surface area (Å²) in [7, 11) is 0. The zero-order valence-corrected chi connectivity index (χ0v) is 18.0. The van der Waals surface area contributed by atoms with Gasteiger partial charge >= 0.3 is 18.4 Å². The summed E-state index contributed by atoms with van der Waals surface area (Å²) in [6.07, 6.45) is -8.37. The highest BCUT2D eigenvalue weighted by molar-refractivity contribution is 5.35. The van der Waals surface area contributed by atoms with Crippen LogP contribution in [-0.2, 0) is 26.3 Å². The number of benzene rings is 2. The Kier molecular flexibility index (Phi) is 6.39. The van der Waals surface area contributed by atoms with Gasteiger partial charge in [-0.15, -0.1) is 13.2 Å². The summed E-state index contributed by atoms with van der Waals surface area (Å²) < 4.78 is 133. The molecule has 0 unspecified atom stereocenters. The minimum Gasteiger partial charge on any atom is -0.429 e. The summed E-state index contributed by atoms with van der Waals surface area (Å²) in [5, 5.41) is 0. The molecule has 3 saturated heterocycles. The summed E-state index contributed by atoms with van der Waals surface area (Å²) in [5.74, 6) is -9.47. The van der Waals surface area contributed by atoms with E-state index in [1.807, 2.05) is 6.92 Å². The fourth-order valence-electron chi connectivity index (χ4n) is 3.97. The Morgan fingerprint density at radius 1 is 0.829 bits per heavy atom. The van der Waals surface area contributed by atoms with Crippen LogP contribution in [0.1, 0.15) is 30.9 Å². The zero-order chi connectivity index (χ0) is 25.6. The lowest BCUT2D eigenvalue weighted by Crippen LogP contribution is -2.58. The average Bonchev–Trinajstić information content (AvgIpc) is 2.75. The van der Waals surface area contributed by atoms with E-state index in [-0.39, 0.29) is 31.5 Å². The molecule has 2 aromatic rings. The third-order valence-corrected chi connectivity index (χ3v) is 5.55. The first kappa shape index (κ1) is 25.5. The van der Waals surface area contributed by atoms with Crippen molar-refractivity contribution < 1.29 is 58.8 Å². The van der Waals surface area contributed by atoms with Gasteiger partial charge in [0.15, 0.2) is 11.6 Å². The van der Waals surface area contributed by atoms with Crippen molar-refractivity contribution in [1.82, 2.24) is 0 Å². The highest BCUT2D eigenvalue weighted by Gasteiger charge is 2.54. The zero-order valence-electron chi connectivity index (χ0n) is 18.0. The predicted molar refractivity (Wildman–Crippen MR) is 101 cm³/mol. The molecule has 5 rings (SSSR count). The summed E-state index contributed by atoms with van der Waals surface area (Å²) in [6.45, 7) is 2.47. The Morgan fingerprint density at radius 2 is 1.40 bits per heavy atom. The van der Waals surface area contributed by atoms with Crippen molar-refractivity contribution in [2.45, 2.75) is 38.2 Å². The Morgan fingerprint density at radius 3 is 1.89 bits per heavy atom. The number of alkyl halides is 5. The van der Waals surface area contributed by atoms with E-state index in [1.54, 1.807) is 0 Å². The van der Waals surface area contributed by atoms with Gasteiger partial charge in [-0.1, -0.05) is 13.3 Å². The monoisotopic (exact) mass is 514 g/mol. The molecule has 3 aliphatic heterocycles. The smallest absolute Gasteiger partial charge is 0.429 e. The molecule has 0 N–H and O–H groups in total. The van der Waals surface area contributed by atoms with Crippen molar-refractivity contribution in [2.75, 3.05) is 19.8 Å². The third kappa shape index (κ3) is 5.02. The van der Waals surface area contributed by atoms with Crippen LogP contribution >= 0.6 is 0 Å². The molecule has 0 atom stereocenters. The largest absolute Gasteiger partial charge is 0.573 e. The van der Waals surface area contributed by atoms with Crippen molar-refractivity contribution in [3.63, 3.8) is 0 Å². The van der Waals surface area contributed by atoms with E-state index >= 15 is 0 Å². The molecule has 0 amide bonds. The summed E-state index contributed by atoms with van der Waals surface area (Å²) in [5.41, 5.74) is -2.57. The van der Waals surface area contributed by atoms with Gasteiger partial charge in [0.25, 0.3) is 0 Å². The van der Waals surface area contributed by atoms with E-state index in [1.165, 1.54) is 0 Å². The average molecular weight is 514 g/mol. The van der Waals surface area contributed by atoms with Crippen LogP contribution in [0, 0.1) is 22.9 Å². The van der Waals surface area contributed by atoms with Crippen molar-refractivity contribution in [3.05, 3.63) is 58.9 Å². The van der Waals surface area contributed by atoms with E-state index in [9.17, 15) is 35.1 Å². The van der Waals surface area contributed by atoms with E-state index in [4.69, 9.17) is 14.2 Å². The van der Waals surface area contributed by atoms with Crippen molar-refractivity contribution in [2.24, 2.45) is 5.41 Å². The van der Waals surface area contributed by atoms with E-state index < -0.39 is 58.4 Å². The van der Waals surface area contributed by atoms with Gasteiger partial charge in [-0.2, -0.15) is 8.78 Å². The van der Waals surface area contributed by atoms with Crippen LogP contribution in [0.4, 0.5) is 35.1 Å². The number of rotatable bonds is 7. The van der Waals surface area contributed by atoms with Crippen LogP contribution in [0.25, 0.3) is 0 Å². The molecule has 3 aliphatic rings. The van der Waals surface area contributed by atoms with Gasteiger partial charge in [0.1, 0.15) is 22.9 Å². The summed E-state index contributed by atoms with van der Waals surface area (Å²) in [4.78, 5) is 0. The lowest BCUT2D eigenvalue weighted by molar-refractivity contribution is -0.480. The first-order valence-electron chi connectivity index (χ1n) is 10.3. The fraction of sp³-hybridized carbons (Fsp3) is 0.455. The lowest BCUT2D eigenvalue weighted by atomic mass is 9.83. The Labute approximate surface area is 193 Å². The molecule has 0 saturated carbocycles.